The van der Waals surface area contributed by atoms with Crippen molar-refractivity contribution in [2.24, 2.45) is 5.41 Å². The average Bonchev–Trinajstić information content (AvgIpc) is 3.12. The molecule has 1 atom stereocenters. The summed E-state index contributed by atoms with van der Waals surface area (Å²) >= 11 is 0. The van der Waals surface area contributed by atoms with E-state index in [1.807, 2.05) is 44.3 Å². The first-order chi connectivity index (χ1) is 19.1. The average molecular weight is 539 g/mol. The first kappa shape index (κ1) is 27.5. The van der Waals surface area contributed by atoms with Crippen molar-refractivity contribution in [1.82, 2.24) is 9.88 Å². The van der Waals surface area contributed by atoms with Crippen LogP contribution in [0.1, 0.15) is 53.1 Å². The Hall–Kier alpha value is -4.10. The number of hydrogen-bond acceptors (Lipinski definition) is 6. The molecule has 208 valence electrons. The van der Waals surface area contributed by atoms with Gasteiger partial charge in [0.25, 0.3) is 0 Å². The number of nitrogen functional groups attached to an aromatic ring is 1. The lowest BCUT2D eigenvalue weighted by Crippen LogP contribution is -2.33. The zero-order valence-corrected chi connectivity index (χ0v) is 23.9. The second kappa shape index (κ2) is 10.8. The van der Waals surface area contributed by atoms with Crippen molar-refractivity contribution in [1.29, 1.82) is 0 Å². The van der Waals surface area contributed by atoms with Crippen molar-refractivity contribution in [3.63, 3.8) is 0 Å². The molecule has 4 aromatic rings. The molecule has 1 aromatic heterocycles. The number of aromatic nitrogens is 1. The summed E-state index contributed by atoms with van der Waals surface area (Å²) in [7, 11) is 1.83. The number of nitrogens with zero attached hydrogens (tertiary/aromatic N) is 2. The minimum Gasteiger partial charge on any atom is -0.481 e. The Kier molecular flexibility index (Phi) is 7.43. The minimum atomic E-state index is -1.06. The number of nitrogens with two attached hydrogens (primary N) is 1. The number of hydrogen-bond donors (Lipinski definition) is 3. The molecule has 0 spiro atoms. The van der Waals surface area contributed by atoms with Crippen LogP contribution in [0.15, 0.2) is 60.7 Å². The van der Waals surface area contributed by atoms with Crippen molar-refractivity contribution >= 4 is 28.2 Å². The summed E-state index contributed by atoms with van der Waals surface area (Å²) in [6.07, 6.45) is 0. The van der Waals surface area contributed by atoms with Crippen LogP contribution in [0.3, 0.4) is 0 Å². The summed E-state index contributed by atoms with van der Waals surface area (Å²) in [5.41, 5.74) is 14.0. The highest BCUT2D eigenvalue weighted by Gasteiger charge is 2.40. The van der Waals surface area contributed by atoms with Crippen LogP contribution in [0.5, 0.6) is 5.88 Å². The van der Waals surface area contributed by atoms with E-state index in [0.717, 1.165) is 58.5 Å². The van der Waals surface area contributed by atoms with Gasteiger partial charge < -0.3 is 20.9 Å². The number of rotatable bonds is 7. The number of aliphatic carboxylic acids is 1. The maximum absolute atomic E-state index is 12.6. The van der Waals surface area contributed by atoms with Gasteiger partial charge in [0, 0.05) is 43.5 Å². The van der Waals surface area contributed by atoms with Gasteiger partial charge in [0.15, 0.2) is 0 Å². The zero-order valence-electron chi connectivity index (χ0n) is 23.9. The smallest absolute Gasteiger partial charge is 0.310 e. The summed E-state index contributed by atoms with van der Waals surface area (Å²) in [5.74, 6) is -0.536. The molecule has 4 N–H and O–H groups in total. The summed E-state index contributed by atoms with van der Waals surface area (Å²) in [5, 5.41) is 14.5. The SMILES string of the molecule is CNc1ccc(C(c2ccc(C)c(CN3CCOc4nc5ccccc5cc4C3)c2)C(C)(C)C(=O)O)c(C)c1N. The Morgan fingerprint density at radius 1 is 1.15 bits per heavy atom. The zero-order chi connectivity index (χ0) is 28.6. The monoisotopic (exact) mass is 538 g/mol. The molecule has 0 bridgehead atoms. The molecular weight excluding hydrogens is 500 g/mol. The largest absolute Gasteiger partial charge is 0.481 e. The van der Waals surface area contributed by atoms with E-state index in [1.54, 1.807) is 13.8 Å². The normalized spacial score (nSPS) is 14.7. The van der Waals surface area contributed by atoms with Gasteiger partial charge in [0.2, 0.25) is 5.88 Å². The molecule has 5 rings (SSSR count). The van der Waals surface area contributed by atoms with Crippen LogP contribution in [0.2, 0.25) is 0 Å². The molecule has 0 aliphatic carbocycles. The van der Waals surface area contributed by atoms with Gasteiger partial charge in [0.05, 0.1) is 22.3 Å². The van der Waals surface area contributed by atoms with Gasteiger partial charge in [-0.3, -0.25) is 9.69 Å². The van der Waals surface area contributed by atoms with Crippen molar-refractivity contribution in [3.8, 4) is 5.88 Å². The second-order valence-corrected chi connectivity index (χ2v) is 11.3. The molecule has 0 amide bonds. The lowest BCUT2D eigenvalue weighted by molar-refractivity contribution is -0.147. The number of aryl methyl sites for hydroxylation is 1. The number of carboxylic acids is 1. The lowest BCUT2D eigenvalue weighted by Gasteiger charge is -2.34. The molecule has 0 saturated carbocycles. The van der Waals surface area contributed by atoms with E-state index in [1.165, 1.54) is 11.1 Å². The van der Waals surface area contributed by atoms with Gasteiger partial charge in [-0.25, -0.2) is 4.98 Å². The number of nitrogens with one attached hydrogen (secondary N) is 1. The quantitative estimate of drug-likeness (QED) is 0.244. The van der Waals surface area contributed by atoms with Crippen molar-refractivity contribution in [3.05, 3.63) is 94.0 Å². The lowest BCUT2D eigenvalue weighted by atomic mass is 9.69. The number of carbonyl (C=O) groups is 1. The summed E-state index contributed by atoms with van der Waals surface area (Å²) in [6.45, 7) is 10.4. The van der Waals surface area contributed by atoms with Gasteiger partial charge in [-0.05, 0) is 73.7 Å². The Labute approximate surface area is 236 Å². The van der Waals surface area contributed by atoms with Gasteiger partial charge in [-0.2, -0.15) is 0 Å². The molecular formula is C33H38N4O3. The number of fused-ring (bicyclic) bond motifs is 2. The third kappa shape index (κ3) is 5.09. The molecule has 1 aliphatic rings. The summed E-state index contributed by atoms with van der Waals surface area (Å²) < 4.78 is 6.05. The molecule has 0 radical (unpaired) electrons. The van der Waals surface area contributed by atoms with Crippen LogP contribution < -0.4 is 15.8 Å². The number of anilines is 2. The molecule has 7 nitrogen and oxygen atoms in total. The molecule has 1 aliphatic heterocycles. The van der Waals surface area contributed by atoms with E-state index in [4.69, 9.17) is 15.5 Å². The minimum absolute atomic E-state index is 0.388. The van der Waals surface area contributed by atoms with Crippen molar-refractivity contribution < 1.29 is 14.6 Å². The predicted octanol–water partition coefficient (Wildman–Crippen LogP) is 6.11. The van der Waals surface area contributed by atoms with Crippen LogP contribution in [0.4, 0.5) is 11.4 Å². The molecule has 40 heavy (non-hydrogen) atoms. The maximum Gasteiger partial charge on any atom is 0.310 e. The van der Waals surface area contributed by atoms with E-state index in [2.05, 4.69) is 47.5 Å². The van der Waals surface area contributed by atoms with E-state index >= 15 is 0 Å². The fourth-order valence-electron chi connectivity index (χ4n) is 5.77. The number of pyridine rings is 1. The van der Waals surface area contributed by atoms with E-state index in [9.17, 15) is 9.90 Å². The van der Waals surface area contributed by atoms with E-state index in [-0.39, 0.29) is 5.92 Å². The highest BCUT2D eigenvalue weighted by atomic mass is 16.5. The van der Waals surface area contributed by atoms with Gasteiger partial charge >= 0.3 is 5.97 Å². The van der Waals surface area contributed by atoms with Crippen LogP contribution in [-0.2, 0) is 17.9 Å². The third-order valence-electron chi connectivity index (χ3n) is 8.31. The number of carboxylic acid groups (broad SMARTS) is 1. The first-order valence-corrected chi connectivity index (χ1v) is 13.7. The number of benzene rings is 3. The van der Waals surface area contributed by atoms with Gasteiger partial charge in [0.1, 0.15) is 6.61 Å². The van der Waals surface area contributed by atoms with Crippen molar-refractivity contribution in [2.75, 3.05) is 31.2 Å². The number of para-hydroxylation sites is 1. The topological polar surface area (TPSA) is 101 Å². The predicted molar refractivity (Wildman–Crippen MR) is 161 cm³/mol. The molecule has 7 heteroatoms. The Balaban J connectivity index is 1.51. The molecule has 0 fully saturated rings. The van der Waals surface area contributed by atoms with Crippen LogP contribution in [0, 0.1) is 19.3 Å². The van der Waals surface area contributed by atoms with Gasteiger partial charge in [-0.15, -0.1) is 0 Å². The summed E-state index contributed by atoms with van der Waals surface area (Å²) in [4.78, 5) is 19.7. The molecule has 3 aromatic carbocycles. The second-order valence-electron chi connectivity index (χ2n) is 11.3. The van der Waals surface area contributed by atoms with Crippen LogP contribution >= 0.6 is 0 Å². The summed E-state index contributed by atoms with van der Waals surface area (Å²) in [6, 6.07) is 20.6. The number of ether oxygens (including phenoxy) is 1. The fourth-order valence-corrected chi connectivity index (χ4v) is 5.77. The molecule has 2 heterocycles. The first-order valence-electron chi connectivity index (χ1n) is 13.7. The van der Waals surface area contributed by atoms with Crippen molar-refractivity contribution in [2.45, 2.75) is 46.7 Å². The standard InChI is InChI=1S/C33H38N4O3/c1-20-10-11-23(29(33(3,4)32(38)39)26-12-13-28(35-5)30(34)21(26)2)17-24(20)18-37-14-15-40-31-25(19-37)16-22-8-6-7-9-27(22)36-31/h6-13,16-17,29,35H,14-15,18-19,34H2,1-5H3,(H,38,39). The highest BCUT2D eigenvalue weighted by molar-refractivity contribution is 5.80. The maximum atomic E-state index is 12.6. The van der Waals surface area contributed by atoms with Crippen LogP contribution in [0.25, 0.3) is 10.9 Å². The Bertz CT molecular complexity index is 1580. The van der Waals surface area contributed by atoms with Gasteiger partial charge in [-0.1, -0.05) is 42.5 Å². The van der Waals surface area contributed by atoms with Crippen LogP contribution in [-0.4, -0.2) is 41.2 Å². The molecule has 0 saturated heterocycles. The Morgan fingerprint density at radius 3 is 2.67 bits per heavy atom. The fraction of sp³-hybridized carbons (Fsp3) is 0.333. The van der Waals surface area contributed by atoms with E-state index in [0.29, 0.717) is 18.2 Å². The molecule has 1 unspecified atom stereocenters. The highest BCUT2D eigenvalue weighted by Crippen LogP contribution is 2.45. The third-order valence-corrected chi connectivity index (χ3v) is 8.31. The Morgan fingerprint density at radius 2 is 1.93 bits per heavy atom. The van der Waals surface area contributed by atoms with E-state index < -0.39 is 11.4 Å².